The van der Waals surface area contributed by atoms with Crippen LogP contribution >= 0.6 is 0 Å². The first-order chi connectivity index (χ1) is 8.56. The van der Waals surface area contributed by atoms with Gasteiger partial charge in [-0.25, -0.2) is 0 Å². The van der Waals surface area contributed by atoms with E-state index >= 15 is 0 Å². The second-order valence-corrected chi connectivity index (χ2v) is 8.28. The molecule has 1 heterocycles. The van der Waals surface area contributed by atoms with E-state index in [2.05, 4.69) is 66.0 Å². The van der Waals surface area contributed by atoms with Crippen LogP contribution < -0.4 is 10.6 Å². The molecule has 0 bridgehead atoms. The number of piperidine rings is 1. The Hall–Kier alpha value is -0.0800. The Morgan fingerprint density at radius 1 is 1.05 bits per heavy atom. The second-order valence-electron chi connectivity index (χ2n) is 8.28. The van der Waals surface area contributed by atoms with Crippen molar-refractivity contribution in [3.05, 3.63) is 0 Å². The third-order valence-electron chi connectivity index (χ3n) is 4.77. The highest BCUT2D eigenvalue weighted by Crippen LogP contribution is 2.30. The normalized spacial score (nSPS) is 26.4. The van der Waals surface area contributed by atoms with Gasteiger partial charge in [0.15, 0.2) is 0 Å². The molecule has 0 aromatic carbocycles. The average Bonchev–Trinajstić information content (AvgIpc) is 2.20. The van der Waals surface area contributed by atoms with Gasteiger partial charge in [0.25, 0.3) is 0 Å². The Balaban J connectivity index is 2.69. The maximum Gasteiger partial charge on any atom is 0.0144 e. The molecule has 2 atom stereocenters. The van der Waals surface area contributed by atoms with E-state index in [9.17, 15) is 0 Å². The lowest BCUT2D eigenvalue weighted by Gasteiger charge is -2.48. The van der Waals surface area contributed by atoms with E-state index < -0.39 is 0 Å². The summed E-state index contributed by atoms with van der Waals surface area (Å²) in [5.74, 6) is 1.49. The van der Waals surface area contributed by atoms with Gasteiger partial charge in [0.1, 0.15) is 0 Å². The van der Waals surface area contributed by atoms with E-state index in [1.165, 1.54) is 19.3 Å². The predicted molar refractivity (Wildman–Crippen MR) is 85.5 cm³/mol. The molecular weight excluding hydrogens is 232 g/mol. The summed E-state index contributed by atoms with van der Waals surface area (Å²) in [7, 11) is 0. The van der Waals surface area contributed by atoms with Crippen LogP contribution in [0.4, 0.5) is 0 Å². The Kier molecular flexibility index (Phi) is 5.48. The molecule has 0 radical (unpaired) electrons. The fraction of sp³-hybridized carbons (Fsp3) is 1.00. The van der Waals surface area contributed by atoms with Crippen LogP contribution in [0, 0.1) is 11.8 Å². The van der Waals surface area contributed by atoms with Crippen LogP contribution in [0.3, 0.4) is 0 Å². The Morgan fingerprint density at radius 2 is 1.53 bits per heavy atom. The number of rotatable bonds is 5. The zero-order valence-electron chi connectivity index (χ0n) is 14.4. The molecule has 0 aromatic rings. The monoisotopic (exact) mass is 268 g/mol. The van der Waals surface area contributed by atoms with Gasteiger partial charge in [0, 0.05) is 23.2 Å². The minimum absolute atomic E-state index is 0.235. The third-order valence-corrected chi connectivity index (χ3v) is 4.77. The lowest BCUT2D eigenvalue weighted by Crippen LogP contribution is -2.63. The van der Waals surface area contributed by atoms with Crippen molar-refractivity contribution in [2.24, 2.45) is 11.8 Å². The van der Waals surface area contributed by atoms with Crippen LogP contribution in [-0.2, 0) is 0 Å². The molecule has 0 amide bonds. The van der Waals surface area contributed by atoms with Crippen LogP contribution in [0.2, 0.25) is 0 Å². The molecule has 1 aliphatic heterocycles. The Labute approximate surface area is 121 Å². The van der Waals surface area contributed by atoms with Crippen molar-refractivity contribution >= 4 is 0 Å². The van der Waals surface area contributed by atoms with Gasteiger partial charge in [-0.15, -0.1) is 0 Å². The van der Waals surface area contributed by atoms with Crippen molar-refractivity contribution in [3.8, 4) is 0 Å². The third kappa shape index (κ3) is 5.07. The van der Waals surface area contributed by atoms with Crippen LogP contribution in [-0.4, -0.2) is 23.2 Å². The highest BCUT2D eigenvalue weighted by atomic mass is 15.1. The smallest absolute Gasteiger partial charge is 0.0144 e. The van der Waals surface area contributed by atoms with Gasteiger partial charge in [0.2, 0.25) is 0 Å². The Bertz CT molecular complexity index is 265. The van der Waals surface area contributed by atoms with Crippen molar-refractivity contribution in [3.63, 3.8) is 0 Å². The van der Waals surface area contributed by atoms with E-state index in [-0.39, 0.29) is 11.1 Å². The maximum absolute atomic E-state index is 3.96. The molecule has 1 fully saturated rings. The molecule has 0 aliphatic carbocycles. The summed E-state index contributed by atoms with van der Waals surface area (Å²) in [5, 5.41) is 7.72. The zero-order chi connectivity index (χ0) is 14.8. The fourth-order valence-electron chi connectivity index (χ4n) is 3.85. The Morgan fingerprint density at radius 3 is 1.89 bits per heavy atom. The van der Waals surface area contributed by atoms with E-state index in [0.29, 0.717) is 12.1 Å². The van der Waals surface area contributed by atoms with Gasteiger partial charge in [-0.1, -0.05) is 27.7 Å². The molecular formula is C17H36N2. The molecule has 1 rings (SSSR count). The first-order valence-corrected chi connectivity index (χ1v) is 8.12. The van der Waals surface area contributed by atoms with E-state index in [1.54, 1.807) is 0 Å². The number of nitrogens with one attached hydrogen (secondary N) is 2. The topological polar surface area (TPSA) is 24.1 Å². The molecule has 1 aliphatic rings. The summed E-state index contributed by atoms with van der Waals surface area (Å²) >= 11 is 0. The van der Waals surface area contributed by atoms with Gasteiger partial charge in [0.05, 0.1) is 0 Å². The summed E-state index contributed by atoms with van der Waals surface area (Å²) in [4.78, 5) is 0. The summed E-state index contributed by atoms with van der Waals surface area (Å²) in [5.41, 5.74) is 0.470. The molecule has 19 heavy (non-hydrogen) atoms. The minimum atomic E-state index is 0.235. The lowest BCUT2D eigenvalue weighted by atomic mass is 9.78. The van der Waals surface area contributed by atoms with Gasteiger partial charge >= 0.3 is 0 Å². The van der Waals surface area contributed by atoms with Gasteiger partial charge in [-0.2, -0.15) is 0 Å². The summed E-state index contributed by atoms with van der Waals surface area (Å²) in [6, 6.07) is 1.28. The molecule has 0 aromatic heterocycles. The van der Waals surface area contributed by atoms with Crippen LogP contribution in [0.1, 0.15) is 74.7 Å². The number of hydrogen-bond acceptors (Lipinski definition) is 2. The molecule has 0 saturated carbocycles. The molecule has 2 unspecified atom stereocenters. The molecule has 0 spiro atoms. The van der Waals surface area contributed by atoms with E-state index in [0.717, 1.165) is 11.8 Å². The van der Waals surface area contributed by atoms with Crippen LogP contribution in [0.5, 0.6) is 0 Å². The highest BCUT2D eigenvalue weighted by Gasteiger charge is 2.38. The average molecular weight is 268 g/mol. The van der Waals surface area contributed by atoms with E-state index in [1.807, 2.05) is 0 Å². The van der Waals surface area contributed by atoms with Crippen molar-refractivity contribution in [1.29, 1.82) is 0 Å². The quantitative estimate of drug-likeness (QED) is 0.789. The molecule has 1 saturated heterocycles. The van der Waals surface area contributed by atoms with Crippen molar-refractivity contribution < 1.29 is 0 Å². The van der Waals surface area contributed by atoms with Crippen LogP contribution in [0.15, 0.2) is 0 Å². The first-order valence-electron chi connectivity index (χ1n) is 8.12. The molecule has 114 valence electrons. The number of hydrogen-bond donors (Lipinski definition) is 2. The second kappa shape index (κ2) is 6.13. The highest BCUT2D eigenvalue weighted by molar-refractivity contribution is 5.00. The van der Waals surface area contributed by atoms with Crippen LogP contribution in [0.25, 0.3) is 0 Å². The lowest BCUT2D eigenvalue weighted by molar-refractivity contribution is 0.128. The van der Waals surface area contributed by atoms with Crippen molar-refractivity contribution in [1.82, 2.24) is 10.6 Å². The fourth-order valence-corrected chi connectivity index (χ4v) is 3.85. The van der Waals surface area contributed by atoms with Gasteiger partial charge in [-0.3, -0.25) is 0 Å². The maximum atomic E-state index is 3.96. The molecule has 2 heteroatoms. The summed E-state index contributed by atoms with van der Waals surface area (Å²) in [6.45, 7) is 18.7. The first kappa shape index (κ1) is 17.0. The van der Waals surface area contributed by atoms with Crippen molar-refractivity contribution in [2.75, 3.05) is 0 Å². The zero-order valence-corrected chi connectivity index (χ0v) is 14.4. The molecule has 2 nitrogen and oxygen atoms in total. The summed E-state index contributed by atoms with van der Waals surface area (Å²) < 4.78 is 0. The molecule has 2 N–H and O–H groups in total. The van der Waals surface area contributed by atoms with Gasteiger partial charge < -0.3 is 10.6 Å². The SMILES string of the molecule is CCC(NC1CC(C)(C)NC(C)(C)C1)C(C)C(C)C. The minimum Gasteiger partial charge on any atom is -0.311 e. The predicted octanol–water partition coefficient (Wildman–Crippen LogP) is 3.96. The van der Waals surface area contributed by atoms with E-state index in [4.69, 9.17) is 0 Å². The van der Waals surface area contributed by atoms with Gasteiger partial charge in [-0.05, 0) is 58.8 Å². The largest absolute Gasteiger partial charge is 0.311 e. The van der Waals surface area contributed by atoms with Crippen molar-refractivity contribution in [2.45, 2.75) is 97.8 Å². The standard InChI is InChI=1S/C17H36N2/c1-9-15(13(4)12(2)3)18-14-10-16(5,6)19-17(7,8)11-14/h12-15,18-19H,9-11H2,1-8H3. The summed E-state index contributed by atoms with van der Waals surface area (Å²) in [6.07, 6.45) is 3.67.